The fraction of sp³-hybridized carbons (Fsp3) is 0.455. The van der Waals surface area contributed by atoms with Crippen molar-refractivity contribution in [2.45, 2.75) is 30.7 Å². The molecule has 126 valence electrons. The Bertz CT molecular complexity index is 532. The van der Waals surface area contributed by atoms with Crippen molar-refractivity contribution < 1.29 is 44.6 Å². The largest absolute Gasteiger partial charge is 0.416 e. The second-order valence-electron chi connectivity index (χ2n) is 4.31. The van der Waals surface area contributed by atoms with E-state index in [1.165, 1.54) is 0 Å². The molecule has 1 aromatic carbocycles. The Labute approximate surface area is 117 Å². The van der Waals surface area contributed by atoms with Crippen LogP contribution in [0.3, 0.4) is 0 Å². The van der Waals surface area contributed by atoms with Crippen LogP contribution in [0, 0.1) is 0 Å². The highest BCUT2D eigenvalue weighted by Crippen LogP contribution is 2.40. The summed E-state index contributed by atoms with van der Waals surface area (Å²) in [5, 5.41) is 8.89. The lowest BCUT2D eigenvalue weighted by Gasteiger charge is -2.25. The molecule has 0 fully saturated rings. The van der Waals surface area contributed by atoms with E-state index in [-0.39, 0.29) is 18.2 Å². The van der Waals surface area contributed by atoms with Crippen molar-refractivity contribution in [3.8, 4) is 0 Å². The molecule has 0 saturated heterocycles. The van der Waals surface area contributed by atoms with Gasteiger partial charge in [0.1, 0.15) is 0 Å². The Morgan fingerprint density at radius 2 is 1.36 bits per heavy atom. The van der Waals surface area contributed by atoms with Crippen LogP contribution in [0.2, 0.25) is 0 Å². The number of halogens is 9. The van der Waals surface area contributed by atoms with Crippen molar-refractivity contribution in [2.75, 3.05) is 0 Å². The van der Waals surface area contributed by atoms with E-state index in [1.807, 2.05) is 0 Å². The molecule has 2 atom stereocenters. The van der Waals surface area contributed by atoms with Crippen molar-refractivity contribution in [3.05, 3.63) is 34.9 Å². The van der Waals surface area contributed by atoms with Gasteiger partial charge in [-0.05, 0) is 17.7 Å². The summed E-state index contributed by atoms with van der Waals surface area (Å²) < 4.78 is 112. The number of rotatable bonds is 2. The number of hydrogen-bond donors (Lipinski definition) is 2. The number of aliphatic hydroxyl groups excluding tert-OH is 1. The predicted molar refractivity (Wildman–Crippen MR) is 55.4 cm³/mol. The molecular weight excluding hydrogens is 333 g/mol. The number of aliphatic hydroxyl groups is 1. The fourth-order valence-corrected chi connectivity index (χ4v) is 1.64. The van der Waals surface area contributed by atoms with Gasteiger partial charge in [-0.2, -0.15) is 39.5 Å². The lowest BCUT2D eigenvalue weighted by molar-refractivity contribution is -0.211. The van der Waals surface area contributed by atoms with E-state index in [0.29, 0.717) is 0 Å². The van der Waals surface area contributed by atoms with Gasteiger partial charge in [-0.3, -0.25) is 0 Å². The molecule has 2 nitrogen and oxygen atoms in total. The number of nitrogens with two attached hydrogens (primary N) is 1. The van der Waals surface area contributed by atoms with Gasteiger partial charge in [-0.1, -0.05) is 6.07 Å². The molecule has 22 heavy (non-hydrogen) atoms. The summed E-state index contributed by atoms with van der Waals surface area (Å²) >= 11 is 0. The van der Waals surface area contributed by atoms with Crippen molar-refractivity contribution in [1.29, 1.82) is 0 Å². The van der Waals surface area contributed by atoms with Gasteiger partial charge in [0.25, 0.3) is 0 Å². The molecule has 0 aliphatic carbocycles. The lowest BCUT2D eigenvalue weighted by atomic mass is 9.94. The van der Waals surface area contributed by atoms with Crippen molar-refractivity contribution in [1.82, 2.24) is 0 Å². The average molecular weight is 341 g/mol. The molecule has 1 aromatic rings. The average Bonchev–Trinajstić information content (AvgIpc) is 2.33. The molecule has 1 rings (SSSR count). The monoisotopic (exact) mass is 341 g/mol. The van der Waals surface area contributed by atoms with Gasteiger partial charge in [0, 0.05) is 0 Å². The van der Waals surface area contributed by atoms with Gasteiger partial charge in [-0.25, -0.2) is 0 Å². The van der Waals surface area contributed by atoms with Gasteiger partial charge in [0.05, 0.1) is 17.2 Å². The Morgan fingerprint density at radius 1 is 0.864 bits per heavy atom. The van der Waals surface area contributed by atoms with E-state index in [1.54, 1.807) is 0 Å². The van der Waals surface area contributed by atoms with Gasteiger partial charge in [-0.15, -0.1) is 0 Å². The summed E-state index contributed by atoms with van der Waals surface area (Å²) in [4.78, 5) is 0. The van der Waals surface area contributed by atoms with E-state index >= 15 is 0 Å². The highest BCUT2D eigenvalue weighted by molar-refractivity contribution is 5.38. The molecule has 0 unspecified atom stereocenters. The lowest BCUT2D eigenvalue weighted by Crippen LogP contribution is -2.39. The summed E-state index contributed by atoms with van der Waals surface area (Å²) in [6.45, 7) is 0. The van der Waals surface area contributed by atoms with Crippen molar-refractivity contribution in [3.63, 3.8) is 0 Å². The van der Waals surface area contributed by atoms with Crippen LogP contribution in [-0.4, -0.2) is 17.4 Å². The SMILES string of the molecule is N[C@@H](c1ccc(C(F)(F)F)cc1C(F)(F)F)[C@H](O)C(F)(F)F. The van der Waals surface area contributed by atoms with E-state index in [0.717, 1.165) is 0 Å². The van der Waals surface area contributed by atoms with Crippen LogP contribution in [0.4, 0.5) is 39.5 Å². The molecule has 0 spiro atoms. The predicted octanol–water partition coefficient (Wildman–Crippen LogP) is 3.65. The summed E-state index contributed by atoms with van der Waals surface area (Å²) in [5.74, 6) is 0. The maximum absolute atomic E-state index is 12.8. The van der Waals surface area contributed by atoms with E-state index < -0.39 is 47.4 Å². The first kappa shape index (κ1) is 18.6. The first-order chi connectivity index (χ1) is 9.65. The highest BCUT2D eigenvalue weighted by Gasteiger charge is 2.46. The van der Waals surface area contributed by atoms with Crippen LogP contribution in [-0.2, 0) is 12.4 Å². The quantitative estimate of drug-likeness (QED) is 0.807. The van der Waals surface area contributed by atoms with Crippen molar-refractivity contribution >= 4 is 0 Å². The van der Waals surface area contributed by atoms with Gasteiger partial charge in [0.2, 0.25) is 0 Å². The summed E-state index contributed by atoms with van der Waals surface area (Å²) in [5.41, 5.74) is -0.0415. The van der Waals surface area contributed by atoms with Gasteiger partial charge < -0.3 is 10.8 Å². The summed E-state index contributed by atoms with van der Waals surface area (Å²) in [6.07, 6.45) is -19.2. The maximum atomic E-state index is 12.8. The zero-order valence-corrected chi connectivity index (χ0v) is 10.3. The molecule has 0 heterocycles. The third kappa shape index (κ3) is 4.03. The Hall–Kier alpha value is -1.49. The maximum Gasteiger partial charge on any atom is 0.416 e. The molecule has 0 radical (unpaired) electrons. The molecule has 0 aromatic heterocycles. The van der Waals surface area contributed by atoms with Crippen LogP contribution in [0.15, 0.2) is 18.2 Å². The third-order valence-corrected chi connectivity index (χ3v) is 2.72. The molecule has 0 aliphatic rings. The van der Waals surface area contributed by atoms with Crippen LogP contribution >= 0.6 is 0 Å². The van der Waals surface area contributed by atoms with Crippen LogP contribution in [0.25, 0.3) is 0 Å². The topological polar surface area (TPSA) is 46.2 Å². The second-order valence-corrected chi connectivity index (χ2v) is 4.31. The Kier molecular flexibility index (Phi) is 4.73. The third-order valence-electron chi connectivity index (χ3n) is 2.72. The smallest absolute Gasteiger partial charge is 0.382 e. The molecule has 0 bridgehead atoms. The zero-order valence-electron chi connectivity index (χ0n) is 10.3. The minimum Gasteiger partial charge on any atom is -0.382 e. The number of alkyl halides is 9. The summed E-state index contributed by atoms with van der Waals surface area (Å²) in [6, 6.07) is -2.60. The van der Waals surface area contributed by atoms with E-state index in [9.17, 15) is 39.5 Å². The minimum absolute atomic E-state index is 0.160. The zero-order chi connectivity index (χ0) is 17.5. The fourth-order valence-electron chi connectivity index (χ4n) is 1.64. The standard InChI is InChI=1S/C11H8F9NO/c12-9(13,14)4-1-2-5(6(3-4)10(15,16)17)7(21)8(22)11(18,19)20/h1-3,7-8,22H,21H2/t7-,8-/m0/s1. The van der Waals surface area contributed by atoms with Crippen LogP contribution in [0.1, 0.15) is 22.7 Å². The normalized spacial score (nSPS) is 16.5. The van der Waals surface area contributed by atoms with Crippen LogP contribution < -0.4 is 5.73 Å². The second kappa shape index (κ2) is 5.61. The van der Waals surface area contributed by atoms with E-state index in [4.69, 9.17) is 10.8 Å². The minimum atomic E-state index is -5.38. The number of benzene rings is 1. The molecule has 3 N–H and O–H groups in total. The van der Waals surface area contributed by atoms with E-state index in [2.05, 4.69) is 0 Å². The highest BCUT2D eigenvalue weighted by atomic mass is 19.4. The number of hydrogen-bond acceptors (Lipinski definition) is 2. The molecule has 0 aliphatic heterocycles. The van der Waals surface area contributed by atoms with Gasteiger partial charge in [0.15, 0.2) is 6.10 Å². The van der Waals surface area contributed by atoms with Crippen LogP contribution in [0.5, 0.6) is 0 Å². The van der Waals surface area contributed by atoms with Gasteiger partial charge >= 0.3 is 18.5 Å². The molecular formula is C11H8F9NO. The van der Waals surface area contributed by atoms with Crippen molar-refractivity contribution in [2.24, 2.45) is 5.73 Å². The first-order valence-corrected chi connectivity index (χ1v) is 5.44. The molecule has 0 saturated carbocycles. The summed E-state index contributed by atoms with van der Waals surface area (Å²) in [7, 11) is 0. The molecule has 0 amide bonds. The Morgan fingerprint density at radius 3 is 1.73 bits per heavy atom. The molecule has 11 heteroatoms. The Balaban J connectivity index is 3.43. The first-order valence-electron chi connectivity index (χ1n) is 5.44.